The summed E-state index contributed by atoms with van der Waals surface area (Å²) >= 11 is 2.07. The molecule has 0 aliphatic carbocycles. The first-order valence-corrected chi connectivity index (χ1v) is 8.06. The smallest absolute Gasteiger partial charge is 0.0463 e. The predicted molar refractivity (Wildman–Crippen MR) is 89.5 cm³/mol. The van der Waals surface area contributed by atoms with E-state index in [1.807, 2.05) is 24.5 Å². The molecule has 4 heteroatoms. The van der Waals surface area contributed by atoms with Gasteiger partial charge in [-0.25, -0.2) is 0 Å². The molecular formula is C16H21N3S. The number of rotatable bonds is 1. The number of fused-ring (bicyclic) bond motifs is 1. The molecular weight excluding hydrogens is 266 g/mol. The van der Waals surface area contributed by atoms with Gasteiger partial charge in [-0.15, -0.1) is 0 Å². The van der Waals surface area contributed by atoms with E-state index in [9.17, 15) is 0 Å². The molecule has 106 valence electrons. The van der Waals surface area contributed by atoms with Gasteiger partial charge in [-0.05, 0) is 24.6 Å². The molecule has 1 aromatic heterocycles. The Morgan fingerprint density at radius 1 is 1.20 bits per heavy atom. The van der Waals surface area contributed by atoms with Crippen molar-refractivity contribution in [2.24, 2.45) is 0 Å². The fourth-order valence-corrected chi connectivity index (χ4v) is 3.84. The van der Waals surface area contributed by atoms with E-state index in [1.54, 1.807) is 0 Å². The summed E-state index contributed by atoms with van der Waals surface area (Å²) in [6.45, 7) is 6.85. The lowest BCUT2D eigenvalue weighted by Gasteiger charge is -2.25. The molecule has 1 fully saturated rings. The van der Waals surface area contributed by atoms with Gasteiger partial charge >= 0.3 is 0 Å². The fourth-order valence-electron chi connectivity index (χ4n) is 2.74. The van der Waals surface area contributed by atoms with E-state index in [2.05, 4.69) is 41.6 Å². The van der Waals surface area contributed by atoms with Crippen LogP contribution in [0.4, 0.5) is 11.4 Å². The van der Waals surface area contributed by atoms with Crippen LogP contribution >= 0.6 is 11.8 Å². The zero-order valence-corrected chi connectivity index (χ0v) is 12.9. The highest BCUT2D eigenvalue weighted by Gasteiger charge is 2.24. The van der Waals surface area contributed by atoms with E-state index in [4.69, 9.17) is 5.73 Å². The van der Waals surface area contributed by atoms with E-state index in [-0.39, 0.29) is 0 Å². The Balaban J connectivity index is 2.00. The molecule has 1 aliphatic rings. The second kappa shape index (κ2) is 5.17. The molecule has 0 saturated carbocycles. The average molecular weight is 287 g/mol. The monoisotopic (exact) mass is 287 g/mol. The maximum Gasteiger partial charge on any atom is 0.0463 e. The van der Waals surface area contributed by atoms with Crippen molar-refractivity contribution in [2.45, 2.75) is 25.0 Å². The number of anilines is 2. The molecule has 0 radical (unpaired) electrons. The largest absolute Gasteiger partial charge is 0.398 e. The topological polar surface area (TPSA) is 42.1 Å². The van der Waals surface area contributed by atoms with E-state index >= 15 is 0 Å². The Labute approximate surface area is 124 Å². The van der Waals surface area contributed by atoms with Gasteiger partial charge in [-0.2, -0.15) is 11.8 Å². The summed E-state index contributed by atoms with van der Waals surface area (Å²) in [4.78, 5) is 6.75. The lowest BCUT2D eigenvalue weighted by Crippen LogP contribution is -2.27. The third kappa shape index (κ3) is 2.57. The number of hydrogen-bond donors (Lipinski definition) is 1. The molecule has 2 aromatic rings. The highest BCUT2D eigenvalue weighted by molar-refractivity contribution is 8.00. The number of nitrogens with zero attached hydrogens (tertiary/aromatic N) is 2. The van der Waals surface area contributed by atoms with Crippen LogP contribution < -0.4 is 10.6 Å². The minimum Gasteiger partial charge on any atom is -0.398 e. The summed E-state index contributed by atoms with van der Waals surface area (Å²) < 4.78 is 0.372. The molecule has 3 rings (SSSR count). The molecule has 0 atom stereocenters. The van der Waals surface area contributed by atoms with Crippen LogP contribution in [0.5, 0.6) is 0 Å². The molecule has 3 nitrogen and oxygen atoms in total. The number of hydrogen-bond acceptors (Lipinski definition) is 4. The molecule has 0 bridgehead atoms. The van der Waals surface area contributed by atoms with Crippen molar-refractivity contribution < 1.29 is 0 Å². The van der Waals surface area contributed by atoms with Crippen LogP contribution in [0, 0.1) is 0 Å². The second-order valence-corrected chi connectivity index (χ2v) is 7.74. The Morgan fingerprint density at radius 2 is 2.05 bits per heavy atom. The Morgan fingerprint density at radius 3 is 2.90 bits per heavy atom. The Bertz CT molecular complexity index is 624. The van der Waals surface area contributed by atoms with Crippen LogP contribution in [-0.4, -0.2) is 28.6 Å². The lowest BCUT2D eigenvalue weighted by atomic mass is 10.1. The molecule has 0 amide bonds. The van der Waals surface area contributed by atoms with Gasteiger partial charge in [-0.3, -0.25) is 4.98 Å². The third-order valence-corrected chi connectivity index (χ3v) is 5.38. The number of nitrogen functional groups attached to an aromatic ring is 1. The first kappa shape index (κ1) is 13.6. The highest BCUT2D eigenvalue weighted by Crippen LogP contribution is 2.35. The zero-order chi connectivity index (χ0) is 14.2. The molecule has 1 aromatic carbocycles. The summed E-state index contributed by atoms with van der Waals surface area (Å²) in [5, 5.41) is 2.27. The van der Waals surface area contributed by atoms with Gasteiger partial charge in [0.1, 0.15) is 0 Å². The molecule has 20 heavy (non-hydrogen) atoms. The minimum absolute atomic E-state index is 0.372. The predicted octanol–water partition coefficient (Wildman–Crippen LogP) is 3.54. The summed E-state index contributed by atoms with van der Waals surface area (Å²) in [5.41, 5.74) is 8.17. The number of aromatic nitrogens is 1. The number of thioether (sulfide) groups is 1. The van der Waals surface area contributed by atoms with Crippen LogP contribution in [0.3, 0.4) is 0 Å². The van der Waals surface area contributed by atoms with E-state index in [0.29, 0.717) is 4.75 Å². The van der Waals surface area contributed by atoms with E-state index in [0.717, 1.165) is 29.5 Å². The molecule has 2 heterocycles. The van der Waals surface area contributed by atoms with Crippen molar-refractivity contribution in [2.75, 3.05) is 29.5 Å². The first-order chi connectivity index (χ1) is 9.57. The van der Waals surface area contributed by atoms with Crippen molar-refractivity contribution in [3.05, 3.63) is 30.6 Å². The lowest BCUT2D eigenvalue weighted by molar-refractivity contribution is 0.638. The van der Waals surface area contributed by atoms with Gasteiger partial charge < -0.3 is 10.6 Å². The van der Waals surface area contributed by atoms with Crippen molar-refractivity contribution in [3.8, 4) is 0 Å². The van der Waals surface area contributed by atoms with E-state index < -0.39 is 0 Å². The van der Waals surface area contributed by atoms with Crippen LogP contribution in [0.15, 0.2) is 30.6 Å². The maximum absolute atomic E-state index is 6.08. The number of nitrogens with two attached hydrogens (primary N) is 1. The quantitative estimate of drug-likeness (QED) is 0.815. The average Bonchev–Trinajstić information content (AvgIpc) is 2.61. The van der Waals surface area contributed by atoms with Gasteiger partial charge in [-0.1, -0.05) is 13.8 Å². The van der Waals surface area contributed by atoms with Gasteiger partial charge in [0, 0.05) is 58.1 Å². The van der Waals surface area contributed by atoms with Crippen LogP contribution in [-0.2, 0) is 0 Å². The van der Waals surface area contributed by atoms with Gasteiger partial charge in [0.2, 0.25) is 0 Å². The summed E-state index contributed by atoms with van der Waals surface area (Å²) in [6.07, 6.45) is 4.94. The van der Waals surface area contributed by atoms with Crippen LogP contribution in [0.2, 0.25) is 0 Å². The zero-order valence-electron chi connectivity index (χ0n) is 12.1. The summed E-state index contributed by atoms with van der Waals surface area (Å²) in [7, 11) is 0. The van der Waals surface area contributed by atoms with Crippen LogP contribution in [0.25, 0.3) is 10.8 Å². The highest BCUT2D eigenvalue weighted by atomic mass is 32.2. The maximum atomic E-state index is 6.08. The van der Waals surface area contributed by atoms with Gasteiger partial charge in [0.15, 0.2) is 0 Å². The number of pyridine rings is 1. The first-order valence-electron chi connectivity index (χ1n) is 7.08. The van der Waals surface area contributed by atoms with Crippen molar-refractivity contribution in [3.63, 3.8) is 0 Å². The second-order valence-electron chi connectivity index (χ2n) is 5.94. The molecule has 0 spiro atoms. The normalized spacial score (nSPS) is 19.0. The summed E-state index contributed by atoms with van der Waals surface area (Å²) in [5.74, 6) is 1.17. The minimum atomic E-state index is 0.372. The van der Waals surface area contributed by atoms with Crippen molar-refractivity contribution in [1.82, 2.24) is 4.98 Å². The molecule has 1 saturated heterocycles. The van der Waals surface area contributed by atoms with E-state index in [1.165, 1.54) is 17.9 Å². The fraction of sp³-hybridized carbons (Fsp3) is 0.438. The molecule has 1 aliphatic heterocycles. The standard InChI is InChI=1S/C16H21N3S/c1-16(2)6-8-19(9-10-20-16)15-4-3-14(17)12-5-7-18-11-13(12)15/h3-5,7,11H,6,8-10,17H2,1-2H3. The third-order valence-electron chi connectivity index (χ3n) is 4.01. The van der Waals surface area contributed by atoms with Gasteiger partial charge in [0.25, 0.3) is 0 Å². The SMILES string of the molecule is CC1(C)CCN(c2ccc(N)c3ccncc23)CCS1. The molecule has 0 unspecified atom stereocenters. The van der Waals surface area contributed by atoms with Crippen molar-refractivity contribution in [1.29, 1.82) is 0 Å². The summed E-state index contributed by atoms with van der Waals surface area (Å²) in [6, 6.07) is 6.16. The molecule has 2 N–H and O–H groups in total. The van der Waals surface area contributed by atoms with Crippen molar-refractivity contribution >= 4 is 33.9 Å². The Kier molecular flexibility index (Phi) is 3.50. The Hall–Kier alpha value is -1.42. The van der Waals surface area contributed by atoms with Crippen LogP contribution in [0.1, 0.15) is 20.3 Å². The number of benzene rings is 1. The van der Waals surface area contributed by atoms with Gasteiger partial charge in [0.05, 0.1) is 0 Å².